The molecule has 1 aromatic heterocycles. The SMILES string of the molecule is CN(c1ccnc(NN)c1)C1CCC(C)(C)CC1. The summed E-state index contributed by atoms with van der Waals surface area (Å²) in [5, 5.41) is 0. The number of nitrogens with one attached hydrogen (secondary N) is 1. The topological polar surface area (TPSA) is 54.2 Å². The fraction of sp³-hybridized carbons (Fsp3) is 0.643. The summed E-state index contributed by atoms with van der Waals surface area (Å²) in [4.78, 5) is 6.50. The van der Waals surface area contributed by atoms with Gasteiger partial charge in [0.15, 0.2) is 0 Å². The zero-order valence-corrected chi connectivity index (χ0v) is 11.6. The van der Waals surface area contributed by atoms with Crippen LogP contribution in [0, 0.1) is 5.41 Å². The van der Waals surface area contributed by atoms with Crippen molar-refractivity contribution in [3.63, 3.8) is 0 Å². The minimum absolute atomic E-state index is 0.513. The number of hydrogen-bond donors (Lipinski definition) is 2. The second kappa shape index (κ2) is 5.14. The summed E-state index contributed by atoms with van der Waals surface area (Å²) >= 11 is 0. The normalized spacial score (nSPS) is 19.6. The van der Waals surface area contributed by atoms with E-state index in [1.165, 1.54) is 31.4 Å². The number of nitrogen functional groups attached to an aromatic ring is 1. The highest BCUT2D eigenvalue weighted by atomic mass is 15.3. The smallest absolute Gasteiger partial charge is 0.141 e. The van der Waals surface area contributed by atoms with Crippen molar-refractivity contribution < 1.29 is 0 Å². The summed E-state index contributed by atoms with van der Waals surface area (Å²) in [6, 6.07) is 4.67. The van der Waals surface area contributed by atoms with E-state index in [0.717, 1.165) is 5.82 Å². The standard InChI is InChI=1S/C14H24N4/c1-14(2)7-4-11(5-8-14)18(3)12-6-9-16-13(10-12)17-15/h6,9-11H,4-5,7-8,15H2,1-3H3,(H,16,17). The van der Waals surface area contributed by atoms with E-state index in [1.807, 2.05) is 12.1 Å². The Morgan fingerprint density at radius 2 is 2.06 bits per heavy atom. The van der Waals surface area contributed by atoms with Gasteiger partial charge >= 0.3 is 0 Å². The lowest BCUT2D eigenvalue weighted by Gasteiger charge is -2.39. The van der Waals surface area contributed by atoms with E-state index in [4.69, 9.17) is 5.84 Å². The number of aromatic nitrogens is 1. The van der Waals surface area contributed by atoms with Crippen LogP contribution in [-0.2, 0) is 0 Å². The maximum atomic E-state index is 5.40. The first-order valence-electron chi connectivity index (χ1n) is 6.67. The Balaban J connectivity index is 2.05. The van der Waals surface area contributed by atoms with E-state index in [9.17, 15) is 0 Å². The van der Waals surface area contributed by atoms with Gasteiger partial charge in [0.1, 0.15) is 5.82 Å². The van der Waals surface area contributed by atoms with Gasteiger partial charge in [0.2, 0.25) is 0 Å². The van der Waals surface area contributed by atoms with Gasteiger partial charge in [0.25, 0.3) is 0 Å². The molecule has 1 aromatic rings. The van der Waals surface area contributed by atoms with Gasteiger partial charge < -0.3 is 10.3 Å². The predicted molar refractivity (Wildman–Crippen MR) is 76.5 cm³/mol. The molecule has 0 amide bonds. The molecule has 4 heteroatoms. The highest BCUT2D eigenvalue weighted by Crippen LogP contribution is 2.37. The molecule has 0 aliphatic heterocycles. The van der Waals surface area contributed by atoms with Gasteiger partial charge in [-0.15, -0.1) is 0 Å². The van der Waals surface area contributed by atoms with E-state index >= 15 is 0 Å². The van der Waals surface area contributed by atoms with Crippen molar-refractivity contribution in [1.29, 1.82) is 0 Å². The average Bonchev–Trinajstić information content (AvgIpc) is 2.38. The monoisotopic (exact) mass is 248 g/mol. The molecule has 0 unspecified atom stereocenters. The summed E-state index contributed by atoms with van der Waals surface area (Å²) in [7, 11) is 2.17. The predicted octanol–water partition coefficient (Wildman–Crippen LogP) is 2.77. The Bertz CT molecular complexity index is 393. The van der Waals surface area contributed by atoms with Gasteiger partial charge in [-0.05, 0) is 37.2 Å². The molecule has 4 nitrogen and oxygen atoms in total. The number of rotatable bonds is 3. The third-order valence-corrected chi connectivity index (χ3v) is 4.16. The molecule has 18 heavy (non-hydrogen) atoms. The minimum Gasteiger partial charge on any atom is -0.371 e. The number of anilines is 2. The van der Waals surface area contributed by atoms with Gasteiger partial charge in [-0.25, -0.2) is 10.8 Å². The molecule has 100 valence electrons. The van der Waals surface area contributed by atoms with Crippen LogP contribution in [0.4, 0.5) is 11.5 Å². The Labute approximate surface area is 110 Å². The van der Waals surface area contributed by atoms with Gasteiger partial charge in [0.05, 0.1) is 0 Å². The fourth-order valence-electron chi connectivity index (χ4n) is 2.70. The summed E-state index contributed by atoms with van der Waals surface area (Å²) in [6.07, 6.45) is 6.92. The number of pyridine rings is 1. The van der Waals surface area contributed by atoms with E-state index in [2.05, 4.69) is 36.2 Å². The summed E-state index contributed by atoms with van der Waals surface area (Å²) < 4.78 is 0. The molecular formula is C14H24N4. The van der Waals surface area contributed by atoms with Crippen LogP contribution in [0.15, 0.2) is 18.3 Å². The van der Waals surface area contributed by atoms with E-state index in [-0.39, 0.29) is 0 Å². The highest BCUT2D eigenvalue weighted by Gasteiger charge is 2.28. The highest BCUT2D eigenvalue weighted by molar-refractivity contribution is 5.53. The molecule has 1 aliphatic rings. The average molecular weight is 248 g/mol. The van der Waals surface area contributed by atoms with Crippen LogP contribution >= 0.6 is 0 Å². The summed E-state index contributed by atoms with van der Waals surface area (Å²) in [6.45, 7) is 4.73. The van der Waals surface area contributed by atoms with Crippen LogP contribution in [0.5, 0.6) is 0 Å². The molecule has 1 heterocycles. The molecule has 0 spiro atoms. The molecule has 0 bridgehead atoms. The van der Waals surface area contributed by atoms with Crippen molar-refractivity contribution in [2.45, 2.75) is 45.6 Å². The number of hydrazine groups is 1. The molecule has 1 aliphatic carbocycles. The van der Waals surface area contributed by atoms with Crippen molar-refractivity contribution >= 4 is 11.5 Å². The Morgan fingerprint density at radius 1 is 1.39 bits per heavy atom. The van der Waals surface area contributed by atoms with Gasteiger partial charge in [-0.2, -0.15) is 0 Å². The molecule has 3 N–H and O–H groups in total. The molecule has 0 radical (unpaired) electrons. The van der Waals surface area contributed by atoms with Gasteiger partial charge in [-0.3, -0.25) is 0 Å². The molecule has 1 saturated carbocycles. The molecule has 1 fully saturated rings. The first kappa shape index (κ1) is 13.1. The van der Waals surface area contributed by atoms with Gasteiger partial charge in [-0.1, -0.05) is 13.8 Å². The van der Waals surface area contributed by atoms with Crippen LogP contribution in [0.1, 0.15) is 39.5 Å². The Kier molecular flexibility index (Phi) is 3.76. The van der Waals surface area contributed by atoms with E-state index in [1.54, 1.807) is 6.20 Å². The summed E-state index contributed by atoms with van der Waals surface area (Å²) in [5.41, 5.74) is 4.30. The molecule has 0 atom stereocenters. The lowest BCUT2D eigenvalue weighted by atomic mass is 9.75. The van der Waals surface area contributed by atoms with E-state index in [0.29, 0.717) is 11.5 Å². The van der Waals surface area contributed by atoms with Crippen molar-refractivity contribution in [3.8, 4) is 0 Å². The van der Waals surface area contributed by atoms with Crippen molar-refractivity contribution in [2.75, 3.05) is 17.4 Å². The lowest BCUT2D eigenvalue weighted by Crippen LogP contribution is -2.37. The Morgan fingerprint density at radius 3 is 2.67 bits per heavy atom. The van der Waals surface area contributed by atoms with E-state index < -0.39 is 0 Å². The van der Waals surface area contributed by atoms with Crippen molar-refractivity contribution in [3.05, 3.63) is 18.3 Å². The molecular weight excluding hydrogens is 224 g/mol. The largest absolute Gasteiger partial charge is 0.371 e. The zero-order valence-electron chi connectivity index (χ0n) is 11.6. The maximum Gasteiger partial charge on any atom is 0.141 e. The van der Waals surface area contributed by atoms with Crippen LogP contribution in [-0.4, -0.2) is 18.1 Å². The molecule has 0 saturated heterocycles. The third-order valence-electron chi connectivity index (χ3n) is 4.16. The van der Waals surface area contributed by atoms with Crippen molar-refractivity contribution in [1.82, 2.24) is 4.98 Å². The second-order valence-electron chi connectivity index (χ2n) is 6.05. The van der Waals surface area contributed by atoms with Crippen LogP contribution < -0.4 is 16.2 Å². The second-order valence-corrected chi connectivity index (χ2v) is 6.05. The third kappa shape index (κ3) is 2.93. The number of hydrogen-bond acceptors (Lipinski definition) is 4. The van der Waals surface area contributed by atoms with Crippen LogP contribution in [0.25, 0.3) is 0 Å². The molecule has 0 aromatic carbocycles. The Hall–Kier alpha value is -1.29. The van der Waals surface area contributed by atoms with Crippen molar-refractivity contribution in [2.24, 2.45) is 11.3 Å². The maximum absolute atomic E-state index is 5.40. The van der Waals surface area contributed by atoms with Crippen LogP contribution in [0.3, 0.4) is 0 Å². The fourth-order valence-corrected chi connectivity index (χ4v) is 2.70. The number of nitrogens with zero attached hydrogens (tertiary/aromatic N) is 2. The first-order valence-corrected chi connectivity index (χ1v) is 6.67. The van der Waals surface area contributed by atoms with Crippen LogP contribution in [0.2, 0.25) is 0 Å². The number of nitrogens with two attached hydrogens (primary N) is 1. The lowest BCUT2D eigenvalue weighted by molar-refractivity contribution is 0.222. The van der Waals surface area contributed by atoms with Gasteiger partial charge in [0, 0.05) is 31.0 Å². The molecule has 2 rings (SSSR count). The summed E-state index contributed by atoms with van der Waals surface area (Å²) in [5.74, 6) is 6.12. The quantitative estimate of drug-likeness (QED) is 0.638. The minimum atomic E-state index is 0.513. The first-order chi connectivity index (χ1) is 8.52. The zero-order chi connectivity index (χ0) is 13.2.